The molecule has 2 aromatic carbocycles. The molecule has 144 valence electrons. The summed E-state index contributed by atoms with van der Waals surface area (Å²) in [4.78, 5) is 25.9. The van der Waals surface area contributed by atoms with E-state index in [1.54, 1.807) is 25.2 Å². The Hall–Kier alpha value is -2.53. The number of anilines is 1. The molecule has 2 rings (SSSR count). The minimum Gasteiger partial charge on any atom is -0.483 e. The Balaban J connectivity index is 1.91. The fourth-order valence-electron chi connectivity index (χ4n) is 2.88. The zero-order chi connectivity index (χ0) is 20.1. The standard InChI is InChI=1S/C21H25ClN2O3/c1-13-8-15(3)21(16(4)9-13)23-19(25)11-24(5)20(26)12-27-18-7-6-17(22)10-14(18)2/h6-10H,11-12H2,1-5H3,(H,23,25). The highest BCUT2D eigenvalue weighted by molar-refractivity contribution is 6.30. The number of ether oxygens (including phenoxy) is 1. The number of aryl methyl sites for hydroxylation is 4. The Morgan fingerprint density at radius 1 is 1.04 bits per heavy atom. The number of likely N-dealkylation sites (N-methyl/N-ethyl adjacent to an activating group) is 1. The van der Waals surface area contributed by atoms with Crippen LogP contribution in [0.4, 0.5) is 5.69 Å². The first-order valence-corrected chi connectivity index (χ1v) is 9.05. The van der Waals surface area contributed by atoms with Crippen molar-refractivity contribution >= 4 is 29.1 Å². The lowest BCUT2D eigenvalue weighted by atomic mass is 10.1. The molecule has 0 bridgehead atoms. The van der Waals surface area contributed by atoms with E-state index in [0.717, 1.165) is 27.9 Å². The summed E-state index contributed by atoms with van der Waals surface area (Å²) in [5.41, 5.74) is 4.78. The first-order valence-electron chi connectivity index (χ1n) is 8.68. The Kier molecular flexibility index (Phi) is 6.86. The van der Waals surface area contributed by atoms with Gasteiger partial charge in [0.05, 0.1) is 6.54 Å². The van der Waals surface area contributed by atoms with E-state index < -0.39 is 0 Å². The van der Waals surface area contributed by atoms with E-state index in [2.05, 4.69) is 5.32 Å². The van der Waals surface area contributed by atoms with Crippen LogP contribution in [0.3, 0.4) is 0 Å². The third-order valence-corrected chi connectivity index (χ3v) is 4.47. The number of halogens is 1. The first kappa shape index (κ1) is 20.8. The Morgan fingerprint density at radius 2 is 1.67 bits per heavy atom. The number of nitrogens with zero attached hydrogens (tertiary/aromatic N) is 1. The highest BCUT2D eigenvalue weighted by Gasteiger charge is 2.15. The molecular formula is C21H25ClN2O3. The van der Waals surface area contributed by atoms with E-state index >= 15 is 0 Å². The lowest BCUT2D eigenvalue weighted by molar-refractivity contribution is -0.135. The van der Waals surface area contributed by atoms with Crippen LogP contribution in [0.15, 0.2) is 30.3 Å². The molecule has 0 unspecified atom stereocenters. The number of benzene rings is 2. The van der Waals surface area contributed by atoms with E-state index in [1.165, 1.54) is 4.90 Å². The Morgan fingerprint density at radius 3 is 2.26 bits per heavy atom. The van der Waals surface area contributed by atoms with Gasteiger partial charge in [0.15, 0.2) is 6.61 Å². The second-order valence-corrected chi connectivity index (χ2v) is 7.21. The SMILES string of the molecule is Cc1cc(C)c(NC(=O)CN(C)C(=O)COc2ccc(Cl)cc2C)c(C)c1. The number of hydrogen-bond acceptors (Lipinski definition) is 3. The van der Waals surface area contributed by atoms with Crippen LogP contribution in [0.25, 0.3) is 0 Å². The van der Waals surface area contributed by atoms with Crippen molar-refractivity contribution in [3.05, 3.63) is 57.6 Å². The molecule has 2 amide bonds. The Labute approximate surface area is 165 Å². The van der Waals surface area contributed by atoms with Gasteiger partial charge < -0.3 is 15.0 Å². The van der Waals surface area contributed by atoms with Crippen molar-refractivity contribution in [2.45, 2.75) is 27.7 Å². The molecule has 0 aliphatic rings. The van der Waals surface area contributed by atoms with Crippen LogP contribution in [0.2, 0.25) is 5.02 Å². The van der Waals surface area contributed by atoms with E-state index in [4.69, 9.17) is 16.3 Å². The summed E-state index contributed by atoms with van der Waals surface area (Å²) in [6, 6.07) is 9.22. The lowest BCUT2D eigenvalue weighted by Gasteiger charge is -2.19. The molecule has 6 heteroatoms. The second-order valence-electron chi connectivity index (χ2n) is 6.77. The van der Waals surface area contributed by atoms with E-state index in [9.17, 15) is 9.59 Å². The summed E-state index contributed by atoms with van der Waals surface area (Å²) in [6.07, 6.45) is 0. The summed E-state index contributed by atoms with van der Waals surface area (Å²) in [5.74, 6) is 0.0666. The van der Waals surface area contributed by atoms with Crippen molar-refractivity contribution in [2.75, 3.05) is 25.5 Å². The molecule has 1 N–H and O–H groups in total. The topological polar surface area (TPSA) is 58.6 Å². The van der Waals surface area contributed by atoms with Crippen molar-refractivity contribution in [3.63, 3.8) is 0 Å². The van der Waals surface area contributed by atoms with Gasteiger partial charge in [-0.3, -0.25) is 9.59 Å². The van der Waals surface area contributed by atoms with Gasteiger partial charge in [-0.1, -0.05) is 29.3 Å². The molecule has 0 aliphatic heterocycles. The lowest BCUT2D eigenvalue weighted by Crippen LogP contribution is -2.37. The predicted molar refractivity (Wildman–Crippen MR) is 109 cm³/mol. The third kappa shape index (κ3) is 5.73. The second kappa shape index (κ2) is 8.91. The van der Waals surface area contributed by atoms with Gasteiger partial charge in [-0.25, -0.2) is 0 Å². The van der Waals surface area contributed by atoms with Gasteiger partial charge in [0, 0.05) is 17.8 Å². The maximum Gasteiger partial charge on any atom is 0.260 e. The van der Waals surface area contributed by atoms with Crippen LogP contribution in [-0.2, 0) is 9.59 Å². The normalized spacial score (nSPS) is 10.4. The minimum absolute atomic E-state index is 0.0471. The molecule has 0 aliphatic carbocycles. The van der Waals surface area contributed by atoms with Crippen LogP contribution >= 0.6 is 11.6 Å². The van der Waals surface area contributed by atoms with Gasteiger partial charge in [0.2, 0.25) is 5.91 Å². The molecule has 0 saturated heterocycles. The first-order chi connectivity index (χ1) is 12.7. The smallest absolute Gasteiger partial charge is 0.260 e. The van der Waals surface area contributed by atoms with Crippen molar-refractivity contribution in [2.24, 2.45) is 0 Å². The minimum atomic E-state index is -0.281. The zero-order valence-corrected chi connectivity index (χ0v) is 17.1. The average molecular weight is 389 g/mol. The molecule has 0 saturated carbocycles. The summed E-state index contributed by atoms with van der Waals surface area (Å²) < 4.78 is 5.54. The summed E-state index contributed by atoms with van der Waals surface area (Å²) >= 11 is 5.91. The Bertz CT molecular complexity index is 841. The van der Waals surface area contributed by atoms with Crippen LogP contribution in [0, 0.1) is 27.7 Å². The highest BCUT2D eigenvalue weighted by atomic mass is 35.5. The largest absolute Gasteiger partial charge is 0.483 e. The quantitative estimate of drug-likeness (QED) is 0.812. The molecule has 0 fully saturated rings. The number of carbonyl (C=O) groups excluding carboxylic acids is 2. The van der Waals surface area contributed by atoms with Gasteiger partial charge in [0.1, 0.15) is 5.75 Å². The number of amides is 2. The number of hydrogen-bond donors (Lipinski definition) is 1. The van der Waals surface area contributed by atoms with Gasteiger partial charge >= 0.3 is 0 Å². The molecule has 0 aromatic heterocycles. The maximum atomic E-state index is 12.3. The molecule has 0 atom stereocenters. The van der Waals surface area contributed by atoms with Gasteiger partial charge in [-0.15, -0.1) is 0 Å². The summed E-state index contributed by atoms with van der Waals surface area (Å²) in [5, 5.41) is 3.50. The fraction of sp³-hybridized carbons (Fsp3) is 0.333. The summed E-state index contributed by atoms with van der Waals surface area (Å²) in [7, 11) is 1.58. The number of rotatable bonds is 6. The van der Waals surface area contributed by atoms with Gasteiger partial charge in [-0.05, 0) is 62.6 Å². The molecule has 27 heavy (non-hydrogen) atoms. The predicted octanol–water partition coefficient (Wildman–Crippen LogP) is 4.05. The zero-order valence-electron chi connectivity index (χ0n) is 16.4. The molecule has 0 radical (unpaired) electrons. The van der Waals surface area contributed by atoms with E-state index in [1.807, 2.05) is 39.8 Å². The van der Waals surface area contributed by atoms with Crippen LogP contribution in [0.5, 0.6) is 5.75 Å². The van der Waals surface area contributed by atoms with Crippen molar-refractivity contribution in [1.29, 1.82) is 0 Å². The van der Waals surface area contributed by atoms with E-state index in [-0.39, 0.29) is 25.0 Å². The van der Waals surface area contributed by atoms with Crippen molar-refractivity contribution < 1.29 is 14.3 Å². The molecule has 0 spiro atoms. The van der Waals surface area contributed by atoms with Gasteiger partial charge in [-0.2, -0.15) is 0 Å². The highest BCUT2D eigenvalue weighted by Crippen LogP contribution is 2.22. The van der Waals surface area contributed by atoms with Crippen molar-refractivity contribution in [1.82, 2.24) is 4.90 Å². The van der Waals surface area contributed by atoms with Crippen molar-refractivity contribution in [3.8, 4) is 5.75 Å². The molecule has 5 nitrogen and oxygen atoms in total. The number of nitrogens with one attached hydrogen (secondary N) is 1. The van der Waals surface area contributed by atoms with E-state index in [0.29, 0.717) is 10.8 Å². The molecule has 0 heterocycles. The fourth-order valence-corrected chi connectivity index (χ4v) is 3.11. The molecular weight excluding hydrogens is 364 g/mol. The summed E-state index contributed by atoms with van der Waals surface area (Å²) in [6.45, 7) is 7.58. The number of carbonyl (C=O) groups is 2. The van der Waals surface area contributed by atoms with Crippen LogP contribution < -0.4 is 10.1 Å². The van der Waals surface area contributed by atoms with Crippen LogP contribution in [-0.4, -0.2) is 36.9 Å². The van der Waals surface area contributed by atoms with Gasteiger partial charge in [0.25, 0.3) is 5.91 Å². The maximum absolute atomic E-state index is 12.3. The van der Waals surface area contributed by atoms with Crippen LogP contribution in [0.1, 0.15) is 22.3 Å². The average Bonchev–Trinajstić information content (AvgIpc) is 2.57. The monoisotopic (exact) mass is 388 g/mol. The molecule has 2 aromatic rings. The third-order valence-electron chi connectivity index (χ3n) is 4.24.